The molecule has 0 fully saturated rings. The monoisotopic (exact) mass is 224 g/mol. The molecular formula is C4H10Cl2O2Zn. The average Bonchev–Trinajstić information content (AvgIpc) is 1.61. The molecule has 0 spiro atoms. The van der Waals surface area contributed by atoms with Gasteiger partial charge in [-0.05, 0) is 12.8 Å². The van der Waals surface area contributed by atoms with Gasteiger partial charge in [-0.2, -0.15) is 0 Å². The maximum absolute atomic E-state index is 8.09. The Morgan fingerprint density at radius 2 is 1.00 bits per heavy atom. The summed E-state index contributed by atoms with van der Waals surface area (Å²) < 4.78 is 0. The fraction of sp³-hybridized carbons (Fsp3) is 1.00. The molecule has 0 bridgehead atoms. The van der Waals surface area contributed by atoms with E-state index in [1.54, 1.807) is 0 Å². The summed E-state index contributed by atoms with van der Waals surface area (Å²) in [5.74, 6) is 0. The van der Waals surface area contributed by atoms with Crippen molar-refractivity contribution < 1.29 is 54.5 Å². The summed E-state index contributed by atoms with van der Waals surface area (Å²) in [5.41, 5.74) is 0. The van der Waals surface area contributed by atoms with E-state index in [0.29, 0.717) is 0 Å². The second kappa shape index (κ2) is 22.9. The summed E-state index contributed by atoms with van der Waals surface area (Å²) in [6, 6.07) is 0. The minimum Gasteiger partial charge on any atom is -1.00 e. The summed E-state index contributed by atoms with van der Waals surface area (Å²) >= 11 is 0. The summed E-state index contributed by atoms with van der Waals surface area (Å²) in [6.07, 6.45) is 1.44. The smallest absolute Gasteiger partial charge is 1.00 e. The predicted octanol–water partition coefficient (Wildman–Crippen LogP) is -6.24. The van der Waals surface area contributed by atoms with Crippen LogP contribution in [0.15, 0.2) is 0 Å². The number of rotatable bonds is 3. The standard InChI is InChI=1S/C4H10O2.2ClH.Zn/c5-3-1-2-4-6;;;/h5-6H,1-4H2;2*1H;/q;;;+2/p-2. The molecular weight excluding hydrogens is 216 g/mol. The van der Waals surface area contributed by atoms with Crippen LogP contribution in [-0.2, 0) is 19.5 Å². The van der Waals surface area contributed by atoms with Crippen LogP contribution >= 0.6 is 0 Å². The van der Waals surface area contributed by atoms with E-state index >= 15 is 0 Å². The van der Waals surface area contributed by atoms with Gasteiger partial charge in [0.15, 0.2) is 0 Å². The quantitative estimate of drug-likeness (QED) is 0.371. The molecule has 0 unspecified atom stereocenters. The minimum absolute atomic E-state index is 0. The van der Waals surface area contributed by atoms with Crippen molar-refractivity contribution in [1.29, 1.82) is 0 Å². The molecule has 0 rings (SSSR count). The Labute approximate surface area is 80.6 Å². The zero-order valence-electron chi connectivity index (χ0n) is 5.19. The van der Waals surface area contributed by atoms with Crippen LogP contribution in [-0.4, -0.2) is 23.4 Å². The molecule has 0 radical (unpaired) electrons. The topological polar surface area (TPSA) is 40.5 Å². The third kappa shape index (κ3) is 27.2. The number of halogens is 2. The molecule has 0 heterocycles. The molecule has 5 heteroatoms. The summed E-state index contributed by atoms with van der Waals surface area (Å²) in [7, 11) is 0. The van der Waals surface area contributed by atoms with Crippen molar-refractivity contribution in [2.75, 3.05) is 13.2 Å². The van der Waals surface area contributed by atoms with Gasteiger partial charge in [0.1, 0.15) is 0 Å². The van der Waals surface area contributed by atoms with E-state index in [0.717, 1.165) is 12.8 Å². The second-order valence-corrected chi connectivity index (χ2v) is 1.15. The Morgan fingerprint density at radius 1 is 0.778 bits per heavy atom. The molecule has 0 atom stereocenters. The molecule has 54 valence electrons. The SMILES string of the molecule is OCCCCO.[Cl-].[Cl-].[Zn+2]. The molecule has 2 nitrogen and oxygen atoms in total. The predicted molar refractivity (Wildman–Crippen MR) is 23.4 cm³/mol. The third-order valence-electron chi connectivity index (χ3n) is 0.566. The Morgan fingerprint density at radius 3 is 1.11 bits per heavy atom. The van der Waals surface area contributed by atoms with Crippen molar-refractivity contribution in [2.45, 2.75) is 12.8 Å². The van der Waals surface area contributed by atoms with Crippen LogP contribution in [0.2, 0.25) is 0 Å². The maximum Gasteiger partial charge on any atom is 2.00 e. The number of aliphatic hydroxyl groups is 2. The van der Waals surface area contributed by atoms with Crippen LogP contribution in [0.3, 0.4) is 0 Å². The summed E-state index contributed by atoms with van der Waals surface area (Å²) in [6.45, 7) is 0.390. The summed E-state index contributed by atoms with van der Waals surface area (Å²) in [4.78, 5) is 0. The fourth-order valence-electron chi connectivity index (χ4n) is 0.224. The van der Waals surface area contributed by atoms with Crippen molar-refractivity contribution in [3.05, 3.63) is 0 Å². The van der Waals surface area contributed by atoms with Crippen LogP contribution in [0.5, 0.6) is 0 Å². The maximum atomic E-state index is 8.09. The fourth-order valence-corrected chi connectivity index (χ4v) is 0.224. The first kappa shape index (κ1) is 22.5. The zero-order valence-corrected chi connectivity index (χ0v) is 9.66. The number of hydrogen-bond acceptors (Lipinski definition) is 2. The molecule has 9 heavy (non-hydrogen) atoms. The molecule has 0 saturated carbocycles. The largest absolute Gasteiger partial charge is 2.00 e. The molecule has 0 aliphatic heterocycles. The van der Waals surface area contributed by atoms with Crippen LogP contribution in [0.1, 0.15) is 12.8 Å². The Balaban J connectivity index is -0.0000000417. The minimum atomic E-state index is 0. The zero-order chi connectivity index (χ0) is 4.83. The van der Waals surface area contributed by atoms with Crippen molar-refractivity contribution in [2.24, 2.45) is 0 Å². The van der Waals surface area contributed by atoms with E-state index in [1.807, 2.05) is 0 Å². The normalized spacial score (nSPS) is 6.00. The Hall–Kier alpha value is 1.12. The van der Waals surface area contributed by atoms with Gasteiger partial charge >= 0.3 is 19.5 Å². The van der Waals surface area contributed by atoms with Gasteiger partial charge in [-0.1, -0.05) is 0 Å². The molecule has 0 aliphatic rings. The van der Waals surface area contributed by atoms with Crippen LogP contribution < -0.4 is 24.8 Å². The van der Waals surface area contributed by atoms with Gasteiger partial charge < -0.3 is 35.0 Å². The van der Waals surface area contributed by atoms with Gasteiger partial charge in [-0.15, -0.1) is 0 Å². The van der Waals surface area contributed by atoms with Gasteiger partial charge in [-0.25, -0.2) is 0 Å². The second-order valence-electron chi connectivity index (χ2n) is 1.15. The van der Waals surface area contributed by atoms with Crippen LogP contribution in [0, 0.1) is 0 Å². The van der Waals surface area contributed by atoms with Gasteiger partial charge in [0, 0.05) is 13.2 Å². The molecule has 0 saturated heterocycles. The van der Waals surface area contributed by atoms with Crippen molar-refractivity contribution in [1.82, 2.24) is 0 Å². The first-order chi connectivity index (χ1) is 2.91. The number of aliphatic hydroxyl groups excluding tert-OH is 2. The van der Waals surface area contributed by atoms with E-state index in [4.69, 9.17) is 10.2 Å². The third-order valence-corrected chi connectivity index (χ3v) is 0.566. The first-order valence-corrected chi connectivity index (χ1v) is 2.13. The van der Waals surface area contributed by atoms with Gasteiger partial charge in [0.05, 0.1) is 0 Å². The van der Waals surface area contributed by atoms with E-state index < -0.39 is 0 Å². The molecule has 0 aliphatic carbocycles. The van der Waals surface area contributed by atoms with E-state index in [9.17, 15) is 0 Å². The molecule has 0 aromatic carbocycles. The molecule has 0 amide bonds. The van der Waals surface area contributed by atoms with Crippen LogP contribution in [0.25, 0.3) is 0 Å². The van der Waals surface area contributed by atoms with Gasteiger partial charge in [0.2, 0.25) is 0 Å². The van der Waals surface area contributed by atoms with Crippen molar-refractivity contribution in [3.63, 3.8) is 0 Å². The van der Waals surface area contributed by atoms with Crippen LogP contribution in [0.4, 0.5) is 0 Å². The molecule has 0 aromatic heterocycles. The van der Waals surface area contributed by atoms with Crippen molar-refractivity contribution in [3.8, 4) is 0 Å². The number of hydrogen-bond donors (Lipinski definition) is 2. The van der Waals surface area contributed by atoms with E-state index in [2.05, 4.69) is 0 Å². The van der Waals surface area contributed by atoms with Gasteiger partial charge in [0.25, 0.3) is 0 Å². The van der Waals surface area contributed by atoms with Crippen molar-refractivity contribution >= 4 is 0 Å². The average molecular weight is 226 g/mol. The Kier molecular flexibility index (Phi) is 57.3. The molecule has 0 aromatic rings. The number of unbranched alkanes of at least 4 members (excludes halogenated alkanes) is 1. The van der Waals surface area contributed by atoms with E-state index in [1.165, 1.54) is 0 Å². The van der Waals surface area contributed by atoms with Gasteiger partial charge in [-0.3, -0.25) is 0 Å². The Bertz CT molecular complexity index is 28.5. The first-order valence-electron chi connectivity index (χ1n) is 2.13. The summed E-state index contributed by atoms with van der Waals surface area (Å²) in [5, 5.41) is 16.2. The molecule has 2 N–H and O–H groups in total. The van der Waals surface area contributed by atoms with E-state index in [-0.39, 0.29) is 57.5 Å².